The van der Waals surface area contributed by atoms with Gasteiger partial charge in [-0.15, -0.1) is 0 Å². The van der Waals surface area contributed by atoms with E-state index in [1.54, 1.807) is 7.11 Å². The van der Waals surface area contributed by atoms with E-state index >= 15 is 0 Å². The molecule has 4 rings (SSSR count). The van der Waals surface area contributed by atoms with Crippen LogP contribution in [0.1, 0.15) is 36.6 Å². The summed E-state index contributed by atoms with van der Waals surface area (Å²) in [4.78, 5) is 4.68. The van der Waals surface area contributed by atoms with E-state index in [9.17, 15) is 0 Å². The number of hydrogen-bond acceptors (Lipinski definition) is 4. The molecule has 0 bridgehead atoms. The molecular weight excluding hydrogens is 370 g/mol. The lowest BCUT2D eigenvalue weighted by Gasteiger charge is -2.10. The molecule has 3 aromatic carbocycles. The summed E-state index contributed by atoms with van der Waals surface area (Å²) in [6, 6.07) is 20.8. The van der Waals surface area contributed by atoms with Crippen molar-refractivity contribution >= 4 is 33.6 Å². The van der Waals surface area contributed by atoms with Crippen LogP contribution < -0.4 is 10.2 Å². The van der Waals surface area contributed by atoms with Gasteiger partial charge < -0.3 is 4.74 Å². The monoisotopic (exact) mass is 397 g/mol. The molecule has 0 saturated carbocycles. The van der Waals surface area contributed by atoms with Crippen LogP contribution in [0, 0.1) is 6.92 Å². The molecular formula is C26H27N3O. The first-order valence-corrected chi connectivity index (χ1v) is 10.4. The molecule has 1 heterocycles. The van der Waals surface area contributed by atoms with Crippen LogP contribution in [0.4, 0.5) is 5.69 Å². The zero-order valence-corrected chi connectivity index (χ0v) is 17.8. The molecule has 0 saturated heterocycles. The van der Waals surface area contributed by atoms with Crippen molar-refractivity contribution in [3.8, 4) is 5.75 Å². The maximum absolute atomic E-state index is 5.49. The minimum Gasteiger partial charge on any atom is -0.496 e. The Kier molecular flexibility index (Phi) is 5.94. The smallest absolute Gasteiger partial charge is 0.126 e. The Balaban J connectivity index is 1.66. The topological polar surface area (TPSA) is 46.5 Å². The maximum atomic E-state index is 5.49. The lowest BCUT2D eigenvalue weighted by molar-refractivity contribution is 0.420. The van der Waals surface area contributed by atoms with E-state index < -0.39 is 0 Å². The van der Waals surface area contributed by atoms with Crippen molar-refractivity contribution in [2.75, 3.05) is 12.5 Å². The fraction of sp³-hybridized carbons (Fsp3) is 0.231. The number of hydrogen-bond donors (Lipinski definition) is 1. The number of fused-ring (bicyclic) bond motifs is 2. The molecule has 4 nitrogen and oxygen atoms in total. The van der Waals surface area contributed by atoms with E-state index in [2.05, 4.69) is 58.8 Å². The third kappa shape index (κ3) is 4.13. The van der Waals surface area contributed by atoms with Crippen LogP contribution in [0.2, 0.25) is 0 Å². The third-order valence-corrected chi connectivity index (χ3v) is 5.35. The standard InChI is InChI=1S/C26H27N3O/c1-4-5-8-19-11-13-24-23(16-19)25(15-18(2)28-24)29-27-17-20-12-14-26(30-3)22-10-7-6-9-21(20)22/h6-7,9-17H,4-5,8H2,1-3H3,(H,28,29)/b27-17-. The number of unbranched alkanes of at least 4 members (excludes halogenated alkanes) is 1. The highest BCUT2D eigenvalue weighted by Crippen LogP contribution is 2.28. The molecule has 0 spiro atoms. The number of rotatable bonds is 7. The number of nitrogens with one attached hydrogen (secondary N) is 1. The number of hydrazone groups is 1. The molecule has 0 aliphatic rings. The quantitative estimate of drug-likeness (QED) is 0.286. The van der Waals surface area contributed by atoms with Crippen LogP contribution in [0.5, 0.6) is 5.75 Å². The number of aromatic nitrogens is 1. The summed E-state index contributed by atoms with van der Waals surface area (Å²) in [5.41, 5.74) is 8.56. The van der Waals surface area contributed by atoms with Gasteiger partial charge in [0, 0.05) is 22.0 Å². The second-order valence-electron chi connectivity index (χ2n) is 7.54. The minimum absolute atomic E-state index is 0.867. The first-order chi connectivity index (χ1) is 14.7. The fourth-order valence-corrected chi connectivity index (χ4v) is 3.79. The Morgan fingerprint density at radius 1 is 1.00 bits per heavy atom. The van der Waals surface area contributed by atoms with E-state index in [1.165, 1.54) is 18.4 Å². The number of benzene rings is 3. The van der Waals surface area contributed by atoms with Crippen molar-refractivity contribution in [3.63, 3.8) is 0 Å². The number of methoxy groups -OCH3 is 1. The minimum atomic E-state index is 0.867. The molecule has 1 aromatic heterocycles. The molecule has 0 fully saturated rings. The van der Waals surface area contributed by atoms with Gasteiger partial charge in [-0.1, -0.05) is 43.7 Å². The lowest BCUT2D eigenvalue weighted by Crippen LogP contribution is -1.96. The van der Waals surface area contributed by atoms with Gasteiger partial charge in [0.25, 0.3) is 0 Å². The molecule has 30 heavy (non-hydrogen) atoms. The Hall–Kier alpha value is -3.40. The molecule has 0 aliphatic heterocycles. The van der Waals surface area contributed by atoms with Gasteiger partial charge in [0.1, 0.15) is 5.75 Å². The third-order valence-electron chi connectivity index (χ3n) is 5.35. The fourth-order valence-electron chi connectivity index (χ4n) is 3.79. The summed E-state index contributed by atoms with van der Waals surface area (Å²) in [6.07, 6.45) is 5.33. The summed E-state index contributed by atoms with van der Waals surface area (Å²) < 4.78 is 5.49. The Morgan fingerprint density at radius 3 is 2.63 bits per heavy atom. The highest BCUT2D eigenvalue weighted by atomic mass is 16.5. The summed E-state index contributed by atoms with van der Waals surface area (Å²) in [6.45, 7) is 4.23. The van der Waals surface area contributed by atoms with Crippen molar-refractivity contribution in [2.45, 2.75) is 33.1 Å². The van der Waals surface area contributed by atoms with Crippen molar-refractivity contribution < 1.29 is 4.74 Å². The van der Waals surface area contributed by atoms with Crippen LogP contribution in [-0.4, -0.2) is 18.3 Å². The second kappa shape index (κ2) is 8.95. The number of ether oxygens (including phenoxy) is 1. The second-order valence-corrected chi connectivity index (χ2v) is 7.54. The van der Waals surface area contributed by atoms with Gasteiger partial charge in [-0.3, -0.25) is 10.4 Å². The van der Waals surface area contributed by atoms with Crippen LogP contribution >= 0.6 is 0 Å². The molecule has 152 valence electrons. The van der Waals surface area contributed by atoms with Crippen LogP contribution in [0.15, 0.2) is 65.8 Å². The van der Waals surface area contributed by atoms with Crippen LogP contribution in [0.25, 0.3) is 21.7 Å². The SMILES string of the molecule is CCCCc1ccc2nc(C)cc(N/N=C\c3ccc(OC)c4ccccc34)c2c1. The van der Waals surface area contributed by atoms with Crippen LogP contribution in [-0.2, 0) is 6.42 Å². The predicted octanol–water partition coefficient (Wildman–Crippen LogP) is 6.49. The molecule has 4 heteroatoms. The maximum Gasteiger partial charge on any atom is 0.126 e. The molecule has 0 atom stereocenters. The Morgan fingerprint density at radius 2 is 1.83 bits per heavy atom. The van der Waals surface area contributed by atoms with Gasteiger partial charge in [-0.05, 0) is 61.0 Å². The highest BCUT2D eigenvalue weighted by Gasteiger charge is 2.07. The molecule has 0 radical (unpaired) electrons. The number of nitrogens with zero attached hydrogens (tertiary/aromatic N) is 2. The van der Waals surface area contributed by atoms with Crippen molar-refractivity contribution in [2.24, 2.45) is 5.10 Å². The van der Waals surface area contributed by atoms with E-state index in [-0.39, 0.29) is 0 Å². The van der Waals surface area contributed by atoms with Gasteiger partial charge in [0.15, 0.2) is 0 Å². The summed E-state index contributed by atoms with van der Waals surface area (Å²) >= 11 is 0. The zero-order valence-electron chi connectivity index (χ0n) is 17.8. The Bertz CT molecular complexity index is 1210. The average Bonchev–Trinajstić information content (AvgIpc) is 2.77. The number of anilines is 1. The molecule has 1 N–H and O–H groups in total. The average molecular weight is 398 g/mol. The van der Waals surface area contributed by atoms with E-state index in [4.69, 9.17) is 4.74 Å². The predicted molar refractivity (Wildman–Crippen MR) is 127 cm³/mol. The van der Waals surface area contributed by atoms with E-state index in [1.807, 2.05) is 37.4 Å². The van der Waals surface area contributed by atoms with E-state index in [0.29, 0.717) is 0 Å². The summed E-state index contributed by atoms with van der Waals surface area (Å²) in [5.74, 6) is 0.867. The first-order valence-electron chi connectivity index (χ1n) is 10.4. The van der Waals surface area contributed by atoms with Crippen molar-refractivity contribution in [3.05, 3.63) is 77.5 Å². The normalized spacial score (nSPS) is 11.4. The van der Waals surface area contributed by atoms with Gasteiger partial charge in [-0.25, -0.2) is 0 Å². The Labute approximate surface area is 177 Å². The van der Waals surface area contributed by atoms with E-state index in [0.717, 1.165) is 50.8 Å². The lowest BCUT2D eigenvalue weighted by atomic mass is 10.0. The molecule has 0 amide bonds. The number of aryl methyl sites for hydroxylation is 2. The first kappa shape index (κ1) is 19.9. The number of pyridine rings is 1. The van der Waals surface area contributed by atoms with Crippen LogP contribution in [0.3, 0.4) is 0 Å². The highest BCUT2D eigenvalue weighted by molar-refractivity contribution is 6.02. The summed E-state index contributed by atoms with van der Waals surface area (Å²) in [7, 11) is 1.70. The molecule has 4 aromatic rings. The zero-order chi connectivity index (χ0) is 20.9. The van der Waals surface area contributed by atoms with Gasteiger partial charge in [0.2, 0.25) is 0 Å². The van der Waals surface area contributed by atoms with Crippen molar-refractivity contribution in [1.82, 2.24) is 4.98 Å². The summed E-state index contributed by atoms with van der Waals surface area (Å²) in [5, 5.41) is 7.85. The van der Waals surface area contributed by atoms with Gasteiger partial charge in [-0.2, -0.15) is 5.10 Å². The molecule has 0 unspecified atom stereocenters. The van der Waals surface area contributed by atoms with Gasteiger partial charge >= 0.3 is 0 Å². The molecule has 0 aliphatic carbocycles. The largest absolute Gasteiger partial charge is 0.496 e. The van der Waals surface area contributed by atoms with Gasteiger partial charge in [0.05, 0.1) is 24.5 Å². The van der Waals surface area contributed by atoms with Crippen molar-refractivity contribution in [1.29, 1.82) is 0 Å².